The lowest BCUT2D eigenvalue weighted by atomic mass is 10.2. The smallest absolute Gasteiger partial charge is 0.0903 e. The summed E-state index contributed by atoms with van der Waals surface area (Å²) in [5.74, 6) is 0. The van der Waals surface area contributed by atoms with E-state index >= 15 is 0 Å². The highest BCUT2D eigenvalue weighted by atomic mass is 14.8. The van der Waals surface area contributed by atoms with Crippen molar-refractivity contribution >= 4 is 18.0 Å². The maximum Gasteiger partial charge on any atom is 0.0903 e. The van der Waals surface area contributed by atoms with E-state index in [1.54, 1.807) is 0 Å². The Hall–Kier alpha value is -1.31. The Morgan fingerprint density at radius 1 is 1.55 bits per heavy atom. The molecule has 1 aliphatic heterocycles. The molecule has 1 aromatic rings. The first-order chi connectivity index (χ1) is 5.38. The molecule has 2 heterocycles. The second-order valence-electron chi connectivity index (χ2n) is 2.68. The average molecular weight is 146 g/mol. The third-order valence-electron chi connectivity index (χ3n) is 1.82. The molecule has 11 heavy (non-hydrogen) atoms. The lowest BCUT2D eigenvalue weighted by Crippen LogP contribution is -1.68. The van der Waals surface area contributed by atoms with E-state index in [2.05, 4.69) is 29.1 Å². The highest BCUT2D eigenvalue weighted by Crippen LogP contribution is 2.25. The molecule has 2 nitrogen and oxygen atoms in total. The monoisotopic (exact) mass is 146 g/mol. The highest BCUT2D eigenvalue weighted by molar-refractivity contribution is 5.76. The van der Waals surface area contributed by atoms with Crippen molar-refractivity contribution in [3.63, 3.8) is 0 Å². The van der Waals surface area contributed by atoms with Crippen molar-refractivity contribution in [2.75, 3.05) is 0 Å². The van der Waals surface area contributed by atoms with Gasteiger partial charge in [-0.2, -0.15) is 0 Å². The minimum Gasteiger partial charge on any atom is -0.360 e. The minimum atomic E-state index is 0.932. The molecule has 0 amide bonds. The van der Waals surface area contributed by atoms with Gasteiger partial charge in [-0.25, -0.2) is 0 Å². The number of aryl methyl sites for hydroxylation is 1. The molecule has 0 atom stereocenters. The highest BCUT2D eigenvalue weighted by Gasteiger charge is 2.04. The number of fused-ring (bicyclic) bond motifs is 1. The maximum atomic E-state index is 4.33. The summed E-state index contributed by atoms with van der Waals surface area (Å²) in [6.07, 6.45) is 9.03. The lowest BCUT2D eigenvalue weighted by molar-refractivity contribution is 1.36. The summed E-state index contributed by atoms with van der Waals surface area (Å²) in [4.78, 5) is 7.49. The van der Waals surface area contributed by atoms with Gasteiger partial charge in [-0.05, 0) is 18.6 Å². The van der Waals surface area contributed by atoms with Crippen molar-refractivity contribution in [2.45, 2.75) is 13.3 Å². The normalized spacial score (nSPS) is 14.6. The van der Waals surface area contributed by atoms with Crippen LogP contribution in [0, 0.1) is 6.92 Å². The molecule has 0 fully saturated rings. The zero-order chi connectivity index (χ0) is 7.68. The molecule has 1 aromatic heterocycles. The maximum absolute atomic E-state index is 4.33. The van der Waals surface area contributed by atoms with Crippen molar-refractivity contribution in [3.8, 4) is 0 Å². The Morgan fingerprint density at radius 3 is 3.36 bits per heavy atom. The number of rotatable bonds is 0. The first-order valence-electron chi connectivity index (χ1n) is 3.75. The number of hydrogen-bond acceptors (Lipinski definition) is 1. The standard InChI is InChI=1S/C9H10N2/c1-7-6-11-8-4-2-3-5-10-9(7)8/h2,4-6,11H,3H2,1H3. The predicted octanol–water partition coefficient (Wildman–Crippen LogP) is 2.44. The molecule has 1 aliphatic rings. The van der Waals surface area contributed by atoms with E-state index in [1.165, 1.54) is 5.56 Å². The van der Waals surface area contributed by atoms with Gasteiger partial charge in [-0.3, -0.25) is 4.99 Å². The van der Waals surface area contributed by atoms with E-state index < -0.39 is 0 Å². The van der Waals surface area contributed by atoms with Crippen LogP contribution in [0.25, 0.3) is 6.08 Å². The van der Waals surface area contributed by atoms with E-state index in [4.69, 9.17) is 0 Å². The van der Waals surface area contributed by atoms with Gasteiger partial charge in [0.15, 0.2) is 0 Å². The largest absolute Gasteiger partial charge is 0.360 e. The van der Waals surface area contributed by atoms with Crippen molar-refractivity contribution in [3.05, 3.63) is 23.5 Å². The Balaban J connectivity index is 2.60. The van der Waals surface area contributed by atoms with Crippen molar-refractivity contribution in [1.29, 1.82) is 0 Å². The van der Waals surface area contributed by atoms with Crippen LogP contribution in [0.4, 0.5) is 5.69 Å². The van der Waals surface area contributed by atoms with E-state index in [-0.39, 0.29) is 0 Å². The van der Waals surface area contributed by atoms with E-state index in [9.17, 15) is 0 Å². The van der Waals surface area contributed by atoms with Crippen molar-refractivity contribution in [1.82, 2.24) is 4.98 Å². The van der Waals surface area contributed by atoms with Crippen LogP contribution >= 0.6 is 0 Å². The first kappa shape index (κ1) is 6.40. The Morgan fingerprint density at radius 2 is 2.45 bits per heavy atom. The molecule has 2 rings (SSSR count). The summed E-state index contributed by atoms with van der Waals surface area (Å²) >= 11 is 0. The van der Waals surface area contributed by atoms with Gasteiger partial charge in [0.2, 0.25) is 0 Å². The number of nitrogens with one attached hydrogen (secondary N) is 1. The Bertz CT molecular complexity index is 318. The van der Waals surface area contributed by atoms with Crippen molar-refractivity contribution in [2.24, 2.45) is 4.99 Å². The Labute approximate surface area is 65.7 Å². The second-order valence-corrected chi connectivity index (χ2v) is 2.68. The number of nitrogens with zero attached hydrogens (tertiary/aromatic N) is 1. The van der Waals surface area contributed by atoms with Crippen LogP contribution < -0.4 is 0 Å². The van der Waals surface area contributed by atoms with Gasteiger partial charge in [0.05, 0.1) is 11.4 Å². The molecule has 0 aliphatic carbocycles. The minimum absolute atomic E-state index is 0.932. The molecule has 0 saturated heterocycles. The van der Waals surface area contributed by atoms with Crippen LogP contribution in [-0.2, 0) is 0 Å². The Kier molecular flexibility index (Phi) is 1.39. The fourth-order valence-corrected chi connectivity index (χ4v) is 1.22. The average Bonchev–Trinajstić information content (AvgIpc) is 2.25. The summed E-state index contributed by atoms with van der Waals surface area (Å²) in [5, 5.41) is 0. The zero-order valence-corrected chi connectivity index (χ0v) is 6.46. The van der Waals surface area contributed by atoms with Gasteiger partial charge in [0, 0.05) is 18.8 Å². The van der Waals surface area contributed by atoms with E-state index in [0.717, 1.165) is 17.8 Å². The molecule has 56 valence electrons. The first-order valence-corrected chi connectivity index (χ1v) is 3.75. The topological polar surface area (TPSA) is 28.1 Å². The van der Waals surface area contributed by atoms with Crippen molar-refractivity contribution < 1.29 is 0 Å². The summed E-state index contributed by atoms with van der Waals surface area (Å²) in [6, 6.07) is 0. The van der Waals surface area contributed by atoms with E-state index in [0.29, 0.717) is 0 Å². The van der Waals surface area contributed by atoms with Crippen LogP contribution in [-0.4, -0.2) is 11.2 Å². The summed E-state index contributed by atoms with van der Waals surface area (Å²) in [7, 11) is 0. The van der Waals surface area contributed by atoms with Crippen LogP contribution in [0.1, 0.15) is 17.7 Å². The molecule has 1 N–H and O–H groups in total. The molecule has 0 aromatic carbocycles. The number of allylic oxidation sites excluding steroid dienone is 1. The van der Waals surface area contributed by atoms with Gasteiger partial charge in [-0.15, -0.1) is 0 Å². The summed E-state index contributed by atoms with van der Waals surface area (Å²) < 4.78 is 0. The number of aliphatic imine (C=N–C) groups is 1. The predicted molar refractivity (Wildman–Crippen MR) is 47.3 cm³/mol. The molecule has 0 spiro atoms. The van der Waals surface area contributed by atoms with E-state index in [1.807, 2.05) is 12.4 Å². The molecule has 0 unspecified atom stereocenters. The van der Waals surface area contributed by atoms with Crippen LogP contribution in [0.15, 0.2) is 17.3 Å². The molecule has 2 heteroatoms. The van der Waals surface area contributed by atoms with Gasteiger partial charge in [0.1, 0.15) is 0 Å². The van der Waals surface area contributed by atoms with Gasteiger partial charge >= 0.3 is 0 Å². The number of aromatic nitrogens is 1. The zero-order valence-electron chi connectivity index (χ0n) is 6.46. The van der Waals surface area contributed by atoms with Crippen LogP contribution in [0.5, 0.6) is 0 Å². The third-order valence-corrected chi connectivity index (χ3v) is 1.82. The lowest BCUT2D eigenvalue weighted by Gasteiger charge is -1.89. The van der Waals surface area contributed by atoms with Gasteiger partial charge in [-0.1, -0.05) is 6.08 Å². The molecular formula is C9H10N2. The second kappa shape index (κ2) is 2.38. The fraction of sp³-hybridized carbons (Fsp3) is 0.222. The number of aromatic amines is 1. The molecular weight excluding hydrogens is 136 g/mol. The van der Waals surface area contributed by atoms with Gasteiger partial charge in [0.25, 0.3) is 0 Å². The molecule has 0 saturated carbocycles. The molecule has 0 radical (unpaired) electrons. The SMILES string of the molecule is Cc1c[nH]c2c1N=CCC=C2. The van der Waals surface area contributed by atoms with Crippen LogP contribution in [0.3, 0.4) is 0 Å². The van der Waals surface area contributed by atoms with Gasteiger partial charge < -0.3 is 4.98 Å². The fourth-order valence-electron chi connectivity index (χ4n) is 1.22. The molecule has 0 bridgehead atoms. The van der Waals surface area contributed by atoms with Crippen LogP contribution in [0.2, 0.25) is 0 Å². The number of hydrogen-bond donors (Lipinski definition) is 1. The number of H-pyrrole nitrogens is 1. The summed E-state index contributed by atoms with van der Waals surface area (Å²) in [5.41, 5.74) is 3.41. The quantitative estimate of drug-likeness (QED) is 0.582. The third kappa shape index (κ3) is 1.00. The summed E-state index contributed by atoms with van der Waals surface area (Å²) in [6.45, 7) is 2.06.